The Morgan fingerprint density at radius 2 is 2.05 bits per heavy atom. The minimum absolute atomic E-state index is 0.00247. The Labute approximate surface area is 129 Å². The van der Waals surface area contributed by atoms with E-state index in [4.69, 9.17) is 16.3 Å². The Balaban J connectivity index is 2.15. The first kappa shape index (κ1) is 13.6. The molecule has 0 bridgehead atoms. The minimum Gasteiger partial charge on any atom is -0.497 e. The van der Waals surface area contributed by atoms with Crippen LogP contribution in [0.15, 0.2) is 29.6 Å². The molecule has 1 aromatic carbocycles. The molecule has 20 heavy (non-hydrogen) atoms. The van der Waals surface area contributed by atoms with Crippen molar-refractivity contribution in [3.05, 3.63) is 50.0 Å². The number of ether oxygens (including phenoxy) is 1. The van der Waals surface area contributed by atoms with E-state index < -0.39 is 0 Å². The van der Waals surface area contributed by atoms with Gasteiger partial charge in [-0.3, -0.25) is 4.79 Å². The molecule has 0 saturated carbocycles. The Kier molecular flexibility index (Phi) is 3.54. The number of fused-ring (bicyclic) bond motifs is 1. The molecule has 0 saturated heterocycles. The Hall–Kier alpha value is -1.36. The van der Waals surface area contributed by atoms with Gasteiger partial charge in [-0.1, -0.05) is 11.6 Å². The van der Waals surface area contributed by atoms with Crippen LogP contribution in [0.3, 0.4) is 0 Å². The third-order valence-corrected chi connectivity index (χ3v) is 5.78. The summed E-state index contributed by atoms with van der Waals surface area (Å²) in [4.78, 5) is 13.9. The van der Waals surface area contributed by atoms with Crippen molar-refractivity contribution in [1.29, 1.82) is 0 Å². The van der Waals surface area contributed by atoms with Gasteiger partial charge in [-0.2, -0.15) is 0 Å². The van der Waals surface area contributed by atoms with Crippen molar-refractivity contribution in [2.24, 2.45) is 0 Å². The summed E-state index contributed by atoms with van der Waals surface area (Å²) in [5.74, 6) is 0.768. The molecule has 102 valence electrons. The monoisotopic (exact) mass is 322 g/mol. The lowest BCUT2D eigenvalue weighted by Gasteiger charge is -1.98. The third-order valence-electron chi connectivity index (χ3n) is 3.11. The molecule has 3 rings (SSSR count). The van der Waals surface area contributed by atoms with E-state index in [1.807, 2.05) is 36.6 Å². The fraction of sp³-hybridized carbons (Fsp3) is 0.133. The molecule has 2 nitrogen and oxygen atoms in total. The van der Waals surface area contributed by atoms with Crippen LogP contribution in [0.2, 0.25) is 5.02 Å². The number of rotatable bonds is 3. The largest absolute Gasteiger partial charge is 0.497 e. The predicted molar refractivity (Wildman–Crippen MR) is 85.9 cm³/mol. The van der Waals surface area contributed by atoms with Crippen LogP contribution in [0.25, 0.3) is 10.1 Å². The van der Waals surface area contributed by atoms with Crippen molar-refractivity contribution in [2.75, 3.05) is 7.11 Å². The molecule has 0 amide bonds. The molecular weight excluding hydrogens is 312 g/mol. The smallest absolute Gasteiger partial charge is 0.214 e. The number of aryl methyl sites for hydroxylation is 1. The van der Waals surface area contributed by atoms with Gasteiger partial charge in [-0.05, 0) is 42.1 Å². The molecule has 0 spiro atoms. The first-order valence-electron chi connectivity index (χ1n) is 5.96. The summed E-state index contributed by atoms with van der Waals surface area (Å²) >= 11 is 9.24. The van der Waals surface area contributed by atoms with Crippen molar-refractivity contribution in [1.82, 2.24) is 0 Å². The number of thiophene rings is 2. The van der Waals surface area contributed by atoms with Crippen LogP contribution < -0.4 is 4.74 Å². The number of carbonyl (C=O) groups excluding carboxylic acids is 1. The van der Waals surface area contributed by atoms with E-state index in [1.54, 1.807) is 7.11 Å². The summed E-state index contributed by atoms with van der Waals surface area (Å²) in [7, 11) is 1.62. The maximum absolute atomic E-state index is 12.6. The van der Waals surface area contributed by atoms with Crippen molar-refractivity contribution >= 4 is 50.1 Å². The number of ketones is 1. The van der Waals surface area contributed by atoms with Crippen LogP contribution in [-0.2, 0) is 0 Å². The fourth-order valence-electron chi connectivity index (χ4n) is 2.03. The lowest BCUT2D eigenvalue weighted by atomic mass is 10.2. The first-order chi connectivity index (χ1) is 9.61. The molecule has 2 aromatic heterocycles. The summed E-state index contributed by atoms with van der Waals surface area (Å²) in [6.07, 6.45) is 0. The highest BCUT2D eigenvalue weighted by Crippen LogP contribution is 2.39. The van der Waals surface area contributed by atoms with Crippen LogP contribution in [0, 0.1) is 6.92 Å². The average molecular weight is 323 g/mol. The third kappa shape index (κ3) is 2.14. The lowest BCUT2D eigenvalue weighted by molar-refractivity contribution is 0.104. The van der Waals surface area contributed by atoms with E-state index in [9.17, 15) is 4.79 Å². The quantitative estimate of drug-likeness (QED) is 0.622. The zero-order valence-corrected chi connectivity index (χ0v) is 13.3. The highest BCUT2D eigenvalue weighted by Gasteiger charge is 2.21. The van der Waals surface area contributed by atoms with Gasteiger partial charge in [0.15, 0.2) is 0 Å². The molecular formula is C15H11ClO2S2. The van der Waals surface area contributed by atoms with Crippen LogP contribution in [-0.4, -0.2) is 12.9 Å². The standard InChI is InChI=1S/C15H11ClO2S2/c1-8-5-6-19-14(8)13(17)15-12(16)10-4-3-9(18-2)7-11(10)20-15/h3-7H,1-2H3. The van der Waals surface area contributed by atoms with Gasteiger partial charge in [-0.25, -0.2) is 0 Å². The summed E-state index contributed by atoms with van der Waals surface area (Å²) in [5, 5.41) is 3.35. The maximum Gasteiger partial charge on any atom is 0.214 e. The number of hydrogen-bond donors (Lipinski definition) is 0. The van der Waals surface area contributed by atoms with E-state index in [0.717, 1.165) is 26.3 Å². The van der Waals surface area contributed by atoms with E-state index in [1.165, 1.54) is 22.7 Å². The topological polar surface area (TPSA) is 26.3 Å². The van der Waals surface area contributed by atoms with Gasteiger partial charge in [-0.15, -0.1) is 22.7 Å². The van der Waals surface area contributed by atoms with Gasteiger partial charge >= 0.3 is 0 Å². The summed E-state index contributed by atoms with van der Waals surface area (Å²) < 4.78 is 6.17. The number of halogens is 1. The summed E-state index contributed by atoms with van der Waals surface area (Å²) in [5.41, 5.74) is 0.992. The molecule has 0 aliphatic rings. The van der Waals surface area contributed by atoms with Gasteiger partial charge in [0, 0.05) is 10.1 Å². The molecule has 0 atom stereocenters. The number of benzene rings is 1. The molecule has 0 aliphatic heterocycles. The zero-order chi connectivity index (χ0) is 14.3. The molecule has 0 N–H and O–H groups in total. The van der Waals surface area contributed by atoms with E-state index in [-0.39, 0.29) is 5.78 Å². The second kappa shape index (κ2) is 5.20. The van der Waals surface area contributed by atoms with Crippen molar-refractivity contribution < 1.29 is 9.53 Å². The Morgan fingerprint density at radius 1 is 1.25 bits per heavy atom. The average Bonchev–Trinajstić information content (AvgIpc) is 3.02. The molecule has 2 heterocycles. The SMILES string of the molecule is COc1ccc2c(Cl)c(C(=O)c3sccc3C)sc2c1. The highest BCUT2D eigenvalue weighted by molar-refractivity contribution is 7.22. The second-order valence-electron chi connectivity index (χ2n) is 4.37. The summed E-state index contributed by atoms with van der Waals surface area (Å²) in [6, 6.07) is 7.60. The van der Waals surface area contributed by atoms with Gasteiger partial charge in [0.05, 0.1) is 21.9 Å². The van der Waals surface area contributed by atoms with Gasteiger partial charge in [0.2, 0.25) is 5.78 Å². The van der Waals surface area contributed by atoms with Crippen molar-refractivity contribution in [2.45, 2.75) is 6.92 Å². The Bertz CT molecular complexity index is 801. The lowest BCUT2D eigenvalue weighted by Crippen LogP contribution is -1.97. The number of carbonyl (C=O) groups is 1. The Morgan fingerprint density at radius 3 is 2.70 bits per heavy atom. The summed E-state index contributed by atoms with van der Waals surface area (Å²) in [6.45, 7) is 1.94. The molecule has 0 radical (unpaired) electrons. The first-order valence-corrected chi connectivity index (χ1v) is 8.04. The molecule has 0 unspecified atom stereocenters. The van der Waals surface area contributed by atoms with Gasteiger partial charge in [0.1, 0.15) is 5.75 Å². The maximum atomic E-state index is 12.6. The molecule has 0 aliphatic carbocycles. The van der Waals surface area contributed by atoms with Crippen LogP contribution in [0.4, 0.5) is 0 Å². The number of methoxy groups -OCH3 is 1. The predicted octanol–water partition coefficient (Wildman–Crippen LogP) is 5.16. The minimum atomic E-state index is 0.00247. The van der Waals surface area contributed by atoms with E-state index in [0.29, 0.717) is 9.90 Å². The van der Waals surface area contributed by atoms with Gasteiger partial charge in [0.25, 0.3) is 0 Å². The van der Waals surface area contributed by atoms with Gasteiger partial charge < -0.3 is 4.74 Å². The van der Waals surface area contributed by atoms with Crippen molar-refractivity contribution in [3.63, 3.8) is 0 Å². The molecule has 5 heteroatoms. The molecule has 0 fully saturated rings. The highest BCUT2D eigenvalue weighted by atomic mass is 35.5. The van der Waals surface area contributed by atoms with Crippen LogP contribution >= 0.6 is 34.3 Å². The van der Waals surface area contributed by atoms with Crippen LogP contribution in [0.5, 0.6) is 5.75 Å². The van der Waals surface area contributed by atoms with Crippen molar-refractivity contribution in [3.8, 4) is 5.75 Å². The fourth-order valence-corrected chi connectivity index (χ4v) is 4.45. The molecule has 3 aromatic rings. The normalized spacial score (nSPS) is 10.9. The zero-order valence-electron chi connectivity index (χ0n) is 10.9. The van der Waals surface area contributed by atoms with Crippen LogP contribution in [0.1, 0.15) is 20.1 Å². The van der Waals surface area contributed by atoms with E-state index >= 15 is 0 Å². The number of hydrogen-bond acceptors (Lipinski definition) is 4. The van der Waals surface area contributed by atoms with E-state index in [2.05, 4.69) is 0 Å². The second-order valence-corrected chi connectivity index (χ2v) is 6.72.